The Hall–Kier alpha value is -4.53. The van der Waals surface area contributed by atoms with Crippen LogP contribution in [0.25, 0.3) is 11.3 Å². The van der Waals surface area contributed by atoms with Crippen molar-refractivity contribution >= 4 is 17.2 Å². The van der Waals surface area contributed by atoms with E-state index >= 15 is 0 Å². The molecule has 0 aliphatic rings. The molecule has 0 fully saturated rings. The van der Waals surface area contributed by atoms with E-state index in [-0.39, 0.29) is 5.91 Å². The molecule has 1 N–H and O–H groups in total. The van der Waals surface area contributed by atoms with E-state index in [9.17, 15) is 4.79 Å². The molecule has 2 aromatic carbocycles. The van der Waals surface area contributed by atoms with E-state index in [1.54, 1.807) is 30.3 Å². The van der Waals surface area contributed by atoms with Crippen LogP contribution >= 0.6 is 0 Å². The van der Waals surface area contributed by atoms with Gasteiger partial charge in [-0.05, 0) is 59.0 Å². The Labute approximate surface area is 176 Å². The molecule has 0 spiro atoms. The minimum Gasteiger partial charge on any atom is -0.487 e. The fourth-order valence-corrected chi connectivity index (χ4v) is 3.13. The first-order valence-corrected chi connectivity index (χ1v) is 9.55. The molecule has 3 aromatic heterocycles. The van der Waals surface area contributed by atoms with Gasteiger partial charge in [0.05, 0.1) is 11.4 Å². The summed E-state index contributed by atoms with van der Waals surface area (Å²) in [6.45, 7) is 0.331. The Morgan fingerprint density at radius 3 is 2.74 bits per heavy atom. The number of anilines is 1. The third kappa shape index (κ3) is 4.10. The quantitative estimate of drug-likeness (QED) is 0.461. The molecule has 0 aliphatic carbocycles. The lowest BCUT2D eigenvalue weighted by atomic mass is 10.2. The summed E-state index contributed by atoms with van der Waals surface area (Å²) in [6.07, 6.45) is 5.37. The summed E-state index contributed by atoms with van der Waals surface area (Å²) >= 11 is 0. The molecule has 31 heavy (non-hydrogen) atoms. The number of imidazole rings is 1. The lowest BCUT2D eigenvalue weighted by Gasteiger charge is -2.09. The van der Waals surface area contributed by atoms with E-state index in [4.69, 9.17) is 4.74 Å². The van der Waals surface area contributed by atoms with Crippen LogP contribution in [0.4, 0.5) is 5.69 Å². The molecule has 152 valence electrons. The van der Waals surface area contributed by atoms with Crippen LogP contribution in [0.15, 0.2) is 85.5 Å². The van der Waals surface area contributed by atoms with Gasteiger partial charge < -0.3 is 14.5 Å². The number of fused-ring (bicyclic) bond motifs is 1. The molecule has 5 rings (SSSR count). The molecule has 0 atom stereocenters. The van der Waals surface area contributed by atoms with Crippen LogP contribution in [0.1, 0.15) is 16.1 Å². The van der Waals surface area contributed by atoms with Crippen LogP contribution in [0.2, 0.25) is 0 Å². The van der Waals surface area contributed by atoms with Crippen LogP contribution in [0.5, 0.6) is 5.75 Å². The van der Waals surface area contributed by atoms with E-state index in [2.05, 4.69) is 25.8 Å². The number of amides is 1. The van der Waals surface area contributed by atoms with E-state index in [0.717, 1.165) is 17.0 Å². The highest BCUT2D eigenvalue weighted by atomic mass is 16.5. The Bertz CT molecular complexity index is 1290. The second-order valence-electron chi connectivity index (χ2n) is 6.77. The van der Waals surface area contributed by atoms with Gasteiger partial charge in [0.1, 0.15) is 24.3 Å². The zero-order chi connectivity index (χ0) is 21.0. The third-order valence-electron chi connectivity index (χ3n) is 4.64. The number of tetrazole rings is 1. The van der Waals surface area contributed by atoms with Crippen molar-refractivity contribution in [1.29, 1.82) is 0 Å². The molecular formula is C22H17N7O2. The minimum atomic E-state index is -0.222. The largest absolute Gasteiger partial charge is 0.487 e. The molecule has 9 heteroatoms. The van der Waals surface area contributed by atoms with Gasteiger partial charge in [0.15, 0.2) is 0 Å². The fraction of sp³-hybridized carbons (Fsp3) is 0.0455. The smallest absolute Gasteiger partial charge is 0.255 e. The zero-order valence-electron chi connectivity index (χ0n) is 16.3. The van der Waals surface area contributed by atoms with E-state index in [1.807, 2.05) is 53.2 Å². The molecule has 0 saturated heterocycles. The molecule has 1 amide bonds. The molecule has 0 unspecified atom stereocenters. The molecule has 9 nitrogen and oxygen atoms in total. The van der Waals surface area contributed by atoms with Crippen molar-refractivity contribution in [2.75, 3.05) is 5.32 Å². The fourth-order valence-electron chi connectivity index (χ4n) is 3.13. The number of carbonyl (C=O) groups is 1. The van der Waals surface area contributed by atoms with Crippen molar-refractivity contribution in [3.05, 3.63) is 96.7 Å². The standard InChI is InChI=1S/C22H17N7O2/c30-22(16-7-9-19(10-8-16)29-15-23-26-27-29)25-17-4-3-5-20(12-17)31-14-18-13-28-11-2-1-6-21(28)24-18/h1-13,15H,14H2,(H,25,30). The summed E-state index contributed by atoms with van der Waals surface area (Å²) in [5.41, 5.74) is 3.62. The maximum absolute atomic E-state index is 12.6. The number of carbonyl (C=O) groups excluding carboxylic acids is 1. The van der Waals surface area contributed by atoms with Gasteiger partial charge in [-0.25, -0.2) is 9.67 Å². The second kappa shape index (κ2) is 8.07. The van der Waals surface area contributed by atoms with Gasteiger partial charge in [0, 0.05) is 29.7 Å². The van der Waals surface area contributed by atoms with Gasteiger partial charge >= 0.3 is 0 Å². The highest BCUT2D eigenvalue weighted by molar-refractivity contribution is 6.04. The zero-order valence-corrected chi connectivity index (χ0v) is 16.3. The number of aromatic nitrogens is 6. The maximum atomic E-state index is 12.6. The summed E-state index contributed by atoms with van der Waals surface area (Å²) in [5.74, 6) is 0.421. The Morgan fingerprint density at radius 2 is 1.94 bits per heavy atom. The molecule has 3 heterocycles. The number of nitrogens with one attached hydrogen (secondary N) is 1. The third-order valence-corrected chi connectivity index (χ3v) is 4.64. The molecule has 0 saturated carbocycles. The summed E-state index contributed by atoms with van der Waals surface area (Å²) in [4.78, 5) is 17.1. The summed E-state index contributed by atoms with van der Waals surface area (Å²) in [6, 6.07) is 20.1. The van der Waals surface area contributed by atoms with Gasteiger partial charge in [-0.2, -0.15) is 0 Å². The van der Waals surface area contributed by atoms with Gasteiger partial charge in [-0.3, -0.25) is 4.79 Å². The Kier molecular flexibility index (Phi) is 4.82. The lowest BCUT2D eigenvalue weighted by Crippen LogP contribution is -2.12. The molecular weight excluding hydrogens is 394 g/mol. The highest BCUT2D eigenvalue weighted by Gasteiger charge is 2.08. The Morgan fingerprint density at radius 1 is 1.03 bits per heavy atom. The molecule has 0 radical (unpaired) electrons. The first kappa shape index (κ1) is 18.5. The molecule has 0 bridgehead atoms. The van der Waals surface area contributed by atoms with E-state index < -0.39 is 0 Å². The van der Waals surface area contributed by atoms with Gasteiger partial charge in [0.2, 0.25) is 0 Å². The van der Waals surface area contributed by atoms with Crippen LogP contribution in [0, 0.1) is 0 Å². The Balaban J connectivity index is 1.24. The predicted molar refractivity (Wildman–Crippen MR) is 113 cm³/mol. The number of hydrogen-bond acceptors (Lipinski definition) is 6. The van der Waals surface area contributed by atoms with Gasteiger partial charge in [0.25, 0.3) is 5.91 Å². The van der Waals surface area contributed by atoms with Crippen molar-refractivity contribution < 1.29 is 9.53 Å². The number of hydrogen-bond donors (Lipinski definition) is 1. The van der Waals surface area contributed by atoms with Gasteiger partial charge in [-0.15, -0.1) is 5.10 Å². The first-order valence-electron chi connectivity index (χ1n) is 9.55. The summed E-state index contributed by atoms with van der Waals surface area (Å²) in [5, 5.41) is 13.9. The number of ether oxygens (including phenoxy) is 1. The van der Waals surface area contributed by atoms with Crippen molar-refractivity contribution in [2.24, 2.45) is 0 Å². The van der Waals surface area contributed by atoms with Crippen LogP contribution in [-0.4, -0.2) is 35.5 Å². The van der Waals surface area contributed by atoms with Crippen LogP contribution < -0.4 is 10.1 Å². The van der Waals surface area contributed by atoms with Gasteiger partial charge in [-0.1, -0.05) is 12.1 Å². The van der Waals surface area contributed by atoms with Crippen LogP contribution in [-0.2, 0) is 6.61 Å². The SMILES string of the molecule is O=C(Nc1cccc(OCc2cn3ccccc3n2)c1)c1ccc(-n2cnnn2)cc1. The van der Waals surface area contributed by atoms with Crippen molar-refractivity contribution in [2.45, 2.75) is 6.61 Å². The number of nitrogens with zero attached hydrogens (tertiary/aromatic N) is 6. The van der Waals surface area contributed by atoms with Crippen molar-refractivity contribution in [3.63, 3.8) is 0 Å². The lowest BCUT2D eigenvalue weighted by molar-refractivity contribution is 0.102. The van der Waals surface area contributed by atoms with E-state index in [1.165, 1.54) is 11.0 Å². The maximum Gasteiger partial charge on any atom is 0.255 e. The minimum absolute atomic E-state index is 0.222. The number of rotatable bonds is 6. The van der Waals surface area contributed by atoms with E-state index in [0.29, 0.717) is 23.6 Å². The summed E-state index contributed by atoms with van der Waals surface area (Å²) < 4.78 is 9.32. The van der Waals surface area contributed by atoms with Crippen molar-refractivity contribution in [3.8, 4) is 11.4 Å². The number of pyridine rings is 1. The first-order chi connectivity index (χ1) is 15.2. The normalized spacial score (nSPS) is 10.8. The molecule has 5 aromatic rings. The number of benzene rings is 2. The second-order valence-corrected chi connectivity index (χ2v) is 6.77. The summed E-state index contributed by atoms with van der Waals surface area (Å²) in [7, 11) is 0. The van der Waals surface area contributed by atoms with Crippen molar-refractivity contribution in [1.82, 2.24) is 29.6 Å². The molecule has 0 aliphatic heterocycles. The average molecular weight is 411 g/mol. The van der Waals surface area contributed by atoms with Crippen LogP contribution in [0.3, 0.4) is 0 Å². The topological polar surface area (TPSA) is 99.2 Å². The highest BCUT2D eigenvalue weighted by Crippen LogP contribution is 2.20. The average Bonchev–Trinajstić information content (AvgIpc) is 3.48. The monoisotopic (exact) mass is 411 g/mol. The predicted octanol–water partition coefficient (Wildman–Crippen LogP) is 3.14.